The smallest absolute Gasteiger partial charge is 0.00179 e. The van der Waals surface area contributed by atoms with Gasteiger partial charge >= 0.3 is 0 Å². The molecule has 1 saturated heterocycles. The van der Waals surface area contributed by atoms with E-state index in [0.717, 1.165) is 0 Å². The van der Waals surface area contributed by atoms with Crippen molar-refractivity contribution in [3.05, 3.63) is 0 Å². The average molecular weight is 220 g/mol. The summed E-state index contributed by atoms with van der Waals surface area (Å²) in [5.74, 6) is 0. The maximum absolute atomic E-state index is 5.11. The fourth-order valence-electron chi connectivity index (χ4n) is 1.05. The highest BCUT2D eigenvalue weighted by atomic mass is 15.1. The lowest BCUT2D eigenvalue weighted by Crippen LogP contribution is -2.24. The number of hydrogen-bond acceptors (Lipinski definition) is 2. The molecule has 0 atom stereocenters. The van der Waals surface area contributed by atoms with E-state index in [9.17, 15) is 0 Å². The SMILES string of the molecule is C.C.CC.CC(C)N.CN1CCCCC1. The summed E-state index contributed by atoms with van der Waals surface area (Å²) in [5, 5.41) is 0. The Kier molecular flexibility index (Phi) is 31.5. The summed E-state index contributed by atoms with van der Waals surface area (Å²) in [5.41, 5.74) is 5.11. The number of piperidine rings is 1. The van der Waals surface area contributed by atoms with Gasteiger partial charge in [0.05, 0.1) is 0 Å². The van der Waals surface area contributed by atoms with Gasteiger partial charge in [0.1, 0.15) is 0 Å². The summed E-state index contributed by atoms with van der Waals surface area (Å²) in [7, 11) is 2.19. The van der Waals surface area contributed by atoms with Crippen LogP contribution in [0, 0.1) is 0 Å². The summed E-state index contributed by atoms with van der Waals surface area (Å²) < 4.78 is 0. The molecule has 0 aromatic carbocycles. The van der Waals surface area contributed by atoms with Gasteiger partial charge in [0.25, 0.3) is 0 Å². The normalized spacial score (nSPS) is 14.6. The Balaban J connectivity index is -0.0000000674. The molecule has 0 spiro atoms. The van der Waals surface area contributed by atoms with Crippen LogP contribution in [0.4, 0.5) is 0 Å². The van der Waals surface area contributed by atoms with Crippen LogP contribution in [0.2, 0.25) is 0 Å². The van der Waals surface area contributed by atoms with E-state index in [1.54, 1.807) is 0 Å². The Hall–Kier alpha value is -0.0800. The van der Waals surface area contributed by atoms with E-state index >= 15 is 0 Å². The van der Waals surface area contributed by atoms with Crippen molar-refractivity contribution in [2.45, 2.75) is 67.9 Å². The average Bonchev–Trinajstić information content (AvgIpc) is 2.08. The van der Waals surface area contributed by atoms with E-state index in [2.05, 4.69) is 11.9 Å². The first-order valence-corrected chi connectivity index (χ1v) is 5.57. The zero-order valence-electron chi connectivity index (χ0n) is 10.1. The van der Waals surface area contributed by atoms with Crippen LogP contribution in [-0.2, 0) is 0 Å². The molecule has 0 bridgehead atoms. The lowest BCUT2D eigenvalue weighted by atomic mass is 10.1. The summed E-state index contributed by atoms with van der Waals surface area (Å²) >= 11 is 0. The fraction of sp³-hybridized carbons (Fsp3) is 1.00. The molecule has 0 aromatic rings. The third-order valence-corrected chi connectivity index (χ3v) is 1.58. The molecule has 1 aliphatic rings. The molecule has 1 fully saturated rings. The van der Waals surface area contributed by atoms with E-state index in [1.165, 1.54) is 32.4 Å². The Labute approximate surface area is 99.2 Å². The monoisotopic (exact) mass is 220 g/mol. The molecule has 2 N–H and O–H groups in total. The molecule has 15 heavy (non-hydrogen) atoms. The standard InChI is InChI=1S/C6H13N.C3H9N.C2H6.2CH4/c1-7-5-3-2-4-6-7;1-3(2)4;1-2;;/h2-6H2,1H3;3H,4H2,1-2H3;1-2H3;2*1H4. The largest absolute Gasteiger partial charge is 0.328 e. The number of nitrogens with two attached hydrogens (primary N) is 1. The molecule has 0 aromatic heterocycles. The molecule has 2 heteroatoms. The Morgan fingerprint density at radius 2 is 1.20 bits per heavy atom. The summed E-state index contributed by atoms with van der Waals surface area (Å²) in [6.07, 6.45) is 4.28. The van der Waals surface area contributed by atoms with Crippen LogP contribution in [0.15, 0.2) is 0 Å². The lowest BCUT2D eigenvalue weighted by molar-refractivity contribution is 0.277. The molecule has 1 rings (SSSR count). The molecular weight excluding hydrogens is 184 g/mol. The zero-order valence-corrected chi connectivity index (χ0v) is 10.1. The van der Waals surface area contributed by atoms with E-state index in [0.29, 0.717) is 6.04 Å². The molecule has 98 valence electrons. The molecule has 0 radical (unpaired) electrons. The first-order chi connectivity index (χ1) is 6.13. The van der Waals surface area contributed by atoms with Crippen molar-refractivity contribution < 1.29 is 0 Å². The third-order valence-electron chi connectivity index (χ3n) is 1.58. The minimum atomic E-state index is 0. The van der Waals surface area contributed by atoms with Gasteiger partial charge in [0, 0.05) is 0 Å². The third kappa shape index (κ3) is 31.5. The van der Waals surface area contributed by atoms with Crippen molar-refractivity contribution in [3.63, 3.8) is 0 Å². The predicted octanol–water partition coefficient (Wildman–Crippen LogP) is 3.75. The van der Waals surface area contributed by atoms with Gasteiger partial charge in [-0.2, -0.15) is 0 Å². The molecule has 1 heterocycles. The summed E-state index contributed by atoms with van der Waals surface area (Å²) in [6.45, 7) is 10.5. The number of hydrogen-bond donors (Lipinski definition) is 1. The van der Waals surface area contributed by atoms with Gasteiger partial charge in [-0.1, -0.05) is 49.0 Å². The quantitative estimate of drug-likeness (QED) is 0.673. The van der Waals surface area contributed by atoms with Crippen LogP contribution in [0.25, 0.3) is 0 Å². The first-order valence-electron chi connectivity index (χ1n) is 5.57. The molecular formula is C13H36N2. The van der Waals surface area contributed by atoms with Gasteiger partial charge in [-0.05, 0) is 39.0 Å². The van der Waals surface area contributed by atoms with Crippen molar-refractivity contribution >= 4 is 0 Å². The number of nitrogens with zero attached hydrogens (tertiary/aromatic N) is 1. The van der Waals surface area contributed by atoms with Gasteiger partial charge in [-0.25, -0.2) is 0 Å². The Bertz CT molecular complexity index is 73.9. The maximum Gasteiger partial charge on any atom is -0.00179 e. The highest BCUT2D eigenvalue weighted by molar-refractivity contribution is 4.58. The molecule has 1 aliphatic heterocycles. The summed E-state index contributed by atoms with van der Waals surface area (Å²) in [6, 6.07) is 0.333. The van der Waals surface area contributed by atoms with E-state index in [1.807, 2.05) is 27.7 Å². The summed E-state index contributed by atoms with van der Waals surface area (Å²) in [4.78, 5) is 2.39. The van der Waals surface area contributed by atoms with Crippen LogP contribution < -0.4 is 5.73 Å². The minimum absolute atomic E-state index is 0. The van der Waals surface area contributed by atoms with Crippen LogP contribution in [0.3, 0.4) is 0 Å². The first kappa shape index (κ1) is 24.2. The van der Waals surface area contributed by atoms with Gasteiger partial charge in [-0.15, -0.1) is 0 Å². The Morgan fingerprint density at radius 1 is 0.933 bits per heavy atom. The number of rotatable bonds is 0. The molecule has 0 aliphatic carbocycles. The minimum Gasteiger partial charge on any atom is -0.328 e. The topological polar surface area (TPSA) is 29.3 Å². The Morgan fingerprint density at radius 3 is 1.33 bits per heavy atom. The van der Waals surface area contributed by atoms with Gasteiger partial charge in [-0.3, -0.25) is 0 Å². The van der Waals surface area contributed by atoms with Crippen LogP contribution in [-0.4, -0.2) is 31.1 Å². The lowest BCUT2D eigenvalue weighted by Gasteiger charge is -2.20. The van der Waals surface area contributed by atoms with Crippen molar-refractivity contribution in [1.82, 2.24) is 4.90 Å². The molecule has 0 amide bonds. The van der Waals surface area contributed by atoms with Gasteiger partial charge in [0.15, 0.2) is 0 Å². The van der Waals surface area contributed by atoms with Crippen LogP contribution >= 0.6 is 0 Å². The molecule has 0 unspecified atom stereocenters. The second-order valence-corrected chi connectivity index (χ2v) is 3.61. The van der Waals surface area contributed by atoms with Gasteiger partial charge in [0.2, 0.25) is 0 Å². The second-order valence-electron chi connectivity index (χ2n) is 3.61. The predicted molar refractivity (Wildman–Crippen MR) is 75.5 cm³/mol. The number of likely N-dealkylation sites (tertiary alicyclic amines) is 1. The van der Waals surface area contributed by atoms with Crippen LogP contribution in [0.1, 0.15) is 61.8 Å². The van der Waals surface area contributed by atoms with E-state index in [-0.39, 0.29) is 14.9 Å². The second kappa shape index (κ2) is 19.5. The zero-order chi connectivity index (χ0) is 10.7. The fourth-order valence-corrected chi connectivity index (χ4v) is 1.05. The van der Waals surface area contributed by atoms with Crippen LogP contribution in [0.5, 0.6) is 0 Å². The molecule has 0 saturated carbocycles. The molecule has 2 nitrogen and oxygen atoms in total. The van der Waals surface area contributed by atoms with Gasteiger partial charge < -0.3 is 10.6 Å². The highest BCUT2D eigenvalue weighted by Crippen LogP contribution is 2.04. The van der Waals surface area contributed by atoms with Crippen molar-refractivity contribution in [3.8, 4) is 0 Å². The van der Waals surface area contributed by atoms with E-state index in [4.69, 9.17) is 5.73 Å². The van der Waals surface area contributed by atoms with Crippen molar-refractivity contribution in [2.75, 3.05) is 20.1 Å². The van der Waals surface area contributed by atoms with E-state index < -0.39 is 0 Å². The maximum atomic E-state index is 5.11. The van der Waals surface area contributed by atoms with Crippen molar-refractivity contribution in [2.24, 2.45) is 5.73 Å². The van der Waals surface area contributed by atoms with Crippen molar-refractivity contribution in [1.29, 1.82) is 0 Å². The highest BCUT2D eigenvalue weighted by Gasteiger charge is 2.02.